The minimum Gasteiger partial charge on any atom is -0.288 e. The molecular weight excluding hydrogens is 337 g/mol. The van der Waals surface area contributed by atoms with Gasteiger partial charge >= 0.3 is 0 Å². The number of rotatable bonds is 3. The van der Waals surface area contributed by atoms with Crippen molar-refractivity contribution in [2.75, 3.05) is 0 Å². The molecule has 0 radical (unpaired) electrons. The van der Waals surface area contributed by atoms with E-state index in [1.165, 1.54) is 17.4 Å². The molecule has 2 nitrogen and oxygen atoms in total. The average Bonchev–Trinajstić information content (AvgIpc) is 2.92. The number of ketones is 1. The second-order valence-electron chi connectivity index (χ2n) is 4.81. The summed E-state index contributed by atoms with van der Waals surface area (Å²) < 4.78 is 0. The number of hydrogen-bond acceptors (Lipinski definition) is 3. The molecule has 3 rings (SSSR count). The lowest BCUT2D eigenvalue weighted by molar-refractivity contribution is 0.105. The molecule has 0 saturated heterocycles. The van der Waals surface area contributed by atoms with Gasteiger partial charge in [-0.3, -0.25) is 4.79 Å². The number of aryl methyl sites for hydroxylation is 1. The molecule has 0 bridgehead atoms. The first-order chi connectivity index (χ1) is 10.6. The van der Waals surface area contributed by atoms with Crippen LogP contribution in [-0.4, -0.2) is 10.8 Å². The largest absolute Gasteiger partial charge is 0.288 e. The number of halogens is 2. The summed E-state index contributed by atoms with van der Waals surface area (Å²) >= 11 is 13.5. The summed E-state index contributed by atoms with van der Waals surface area (Å²) in [5, 5.41) is 3.63. The summed E-state index contributed by atoms with van der Waals surface area (Å²) in [5.74, 6) is -0.139. The number of carbonyl (C=O) groups excluding carboxylic acids is 1. The molecule has 2 heterocycles. The number of pyridine rings is 1. The average molecular weight is 348 g/mol. The van der Waals surface area contributed by atoms with Crippen LogP contribution in [0.5, 0.6) is 0 Å². The van der Waals surface area contributed by atoms with Crippen LogP contribution in [0.25, 0.3) is 17.0 Å². The molecule has 0 atom stereocenters. The lowest BCUT2D eigenvalue weighted by atomic mass is 10.1. The molecule has 0 fully saturated rings. The highest BCUT2D eigenvalue weighted by Crippen LogP contribution is 2.26. The number of thiophene rings is 1. The minimum atomic E-state index is -0.139. The Morgan fingerprint density at radius 1 is 1.27 bits per heavy atom. The molecule has 1 aromatic carbocycles. The Kier molecular flexibility index (Phi) is 4.30. The van der Waals surface area contributed by atoms with Crippen molar-refractivity contribution in [1.29, 1.82) is 0 Å². The highest BCUT2D eigenvalue weighted by Gasteiger charge is 2.09. The molecule has 0 saturated carbocycles. The van der Waals surface area contributed by atoms with E-state index >= 15 is 0 Å². The molecule has 0 spiro atoms. The van der Waals surface area contributed by atoms with Gasteiger partial charge in [-0.05, 0) is 42.2 Å². The summed E-state index contributed by atoms with van der Waals surface area (Å²) in [6.45, 7) is 1.99. The van der Waals surface area contributed by atoms with E-state index in [1.807, 2.05) is 31.2 Å². The van der Waals surface area contributed by atoms with E-state index in [-0.39, 0.29) is 5.78 Å². The molecule has 0 unspecified atom stereocenters. The second-order valence-corrected chi connectivity index (χ2v) is 6.49. The summed E-state index contributed by atoms with van der Waals surface area (Å²) in [7, 11) is 0. The van der Waals surface area contributed by atoms with Crippen LogP contribution in [0.4, 0.5) is 0 Å². The van der Waals surface area contributed by atoms with Crippen LogP contribution in [0.15, 0.2) is 41.8 Å². The van der Waals surface area contributed by atoms with Crippen molar-refractivity contribution < 1.29 is 4.79 Å². The monoisotopic (exact) mass is 347 g/mol. The number of para-hydroxylation sites is 1. The Morgan fingerprint density at radius 2 is 2.09 bits per heavy atom. The SMILES string of the molecule is Cc1cccc2cc(/C=C/C(=O)c3sccc3Cl)c(Cl)nc12. The third-order valence-corrected chi connectivity index (χ3v) is 4.94. The van der Waals surface area contributed by atoms with Crippen molar-refractivity contribution in [3.8, 4) is 0 Å². The van der Waals surface area contributed by atoms with E-state index in [0.717, 1.165) is 16.5 Å². The van der Waals surface area contributed by atoms with Gasteiger partial charge in [-0.2, -0.15) is 0 Å². The Balaban J connectivity index is 1.97. The van der Waals surface area contributed by atoms with E-state index in [4.69, 9.17) is 23.2 Å². The summed E-state index contributed by atoms with van der Waals surface area (Å²) in [6.07, 6.45) is 3.15. The van der Waals surface area contributed by atoms with Crippen LogP contribution in [0.1, 0.15) is 20.8 Å². The highest BCUT2D eigenvalue weighted by atomic mass is 35.5. The van der Waals surface area contributed by atoms with Crippen LogP contribution in [0.3, 0.4) is 0 Å². The zero-order valence-electron chi connectivity index (χ0n) is 11.6. The van der Waals surface area contributed by atoms with Crippen molar-refractivity contribution in [3.05, 3.63) is 68.0 Å². The van der Waals surface area contributed by atoms with Gasteiger partial charge < -0.3 is 0 Å². The summed E-state index contributed by atoms with van der Waals surface area (Å²) in [4.78, 5) is 17.0. The van der Waals surface area contributed by atoms with Gasteiger partial charge in [0.15, 0.2) is 5.78 Å². The molecule has 0 aliphatic rings. The number of nitrogens with zero attached hydrogens (tertiary/aromatic N) is 1. The van der Waals surface area contributed by atoms with Gasteiger partial charge in [0, 0.05) is 10.9 Å². The first kappa shape index (κ1) is 15.2. The Morgan fingerprint density at radius 3 is 2.82 bits per heavy atom. The maximum Gasteiger partial charge on any atom is 0.197 e. The van der Waals surface area contributed by atoms with Crippen LogP contribution in [0, 0.1) is 6.92 Å². The molecule has 22 heavy (non-hydrogen) atoms. The third-order valence-electron chi connectivity index (χ3n) is 3.28. The topological polar surface area (TPSA) is 30.0 Å². The van der Waals surface area contributed by atoms with Gasteiger partial charge in [-0.25, -0.2) is 4.98 Å². The lowest BCUT2D eigenvalue weighted by Gasteiger charge is -2.04. The van der Waals surface area contributed by atoms with E-state index in [2.05, 4.69) is 4.98 Å². The van der Waals surface area contributed by atoms with Crippen molar-refractivity contribution in [2.45, 2.75) is 6.92 Å². The first-order valence-electron chi connectivity index (χ1n) is 6.57. The lowest BCUT2D eigenvalue weighted by Crippen LogP contribution is -1.91. The van der Waals surface area contributed by atoms with E-state index in [9.17, 15) is 4.79 Å². The van der Waals surface area contributed by atoms with Crippen molar-refractivity contribution in [2.24, 2.45) is 0 Å². The fourth-order valence-electron chi connectivity index (χ4n) is 2.17. The van der Waals surface area contributed by atoms with Gasteiger partial charge in [0.1, 0.15) is 5.15 Å². The van der Waals surface area contributed by atoms with Gasteiger partial charge in [0.05, 0.1) is 15.4 Å². The number of allylic oxidation sites excluding steroid dienone is 1. The van der Waals surface area contributed by atoms with Crippen molar-refractivity contribution in [3.63, 3.8) is 0 Å². The number of hydrogen-bond donors (Lipinski definition) is 0. The van der Waals surface area contributed by atoms with Gasteiger partial charge in [0.2, 0.25) is 0 Å². The zero-order chi connectivity index (χ0) is 15.7. The van der Waals surface area contributed by atoms with E-state index in [0.29, 0.717) is 20.6 Å². The standard InChI is InChI=1S/C17H11Cl2NOS/c1-10-3-2-4-11-9-12(17(19)20-15(10)11)5-6-14(21)16-13(18)7-8-22-16/h2-9H,1H3/b6-5+. The molecule has 0 N–H and O–H groups in total. The number of fused-ring (bicyclic) bond motifs is 1. The van der Waals surface area contributed by atoms with Crippen LogP contribution < -0.4 is 0 Å². The quantitative estimate of drug-likeness (QED) is 0.340. The van der Waals surface area contributed by atoms with Crippen molar-refractivity contribution >= 4 is 57.3 Å². The summed E-state index contributed by atoms with van der Waals surface area (Å²) in [6, 6.07) is 9.57. The van der Waals surface area contributed by atoms with Crippen LogP contribution in [0.2, 0.25) is 10.2 Å². The first-order valence-corrected chi connectivity index (χ1v) is 8.21. The van der Waals surface area contributed by atoms with E-state index in [1.54, 1.807) is 17.5 Å². The maximum absolute atomic E-state index is 12.1. The van der Waals surface area contributed by atoms with Gasteiger partial charge in [0.25, 0.3) is 0 Å². The predicted octanol–water partition coefficient (Wildman–Crippen LogP) is 5.81. The van der Waals surface area contributed by atoms with E-state index < -0.39 is 0 Å². The molecule has 5 heteroatoms. The Hall–Kier alpha value is -1.68. The van der Waals surface area contributed by atoms with Crippen LogP contribution in [-0.2, 0) is 0 Å². The molecule has 110 valence electrons. The second kappa shape index (κ2) is 6.21. The van der Waals surface area contributed by atoms with Gasteiger partial charge in [-0.15, -0.1) is 11.3 Å². The number of aromatic nitrogens is 1. The number of benzene rings is 1. The molecular formula is C17H11Cl2NOS. The molecule has 0 amide bonds. The molecule has 0 aliphatic carbocycles. The molecule has 0 aliphatic heterocycles. The minimum absolute atomic E-state index is 0.139. The molecule has 2 aromatic heterocycles. The van der Waals surface area contributed by atoms with Crippen LogP contribution >= 0.6 is 34.5 Å². The smallest absolute Gasteiger partial charge is 0.197 e. The van der Waals surface area contributed by atoms with Gasteiger partial charge in [-0.1, -0.05) is 41.4 Å². The normalized spacial score (nSPS) is 11.4. The number of carbonyl (C=O) groups is 1. The molecule has 3 aromatic rings. The zero-order valence-corrected chi connectivity index (χ0v) is 14.0. The fraction of sp³-hybridized carbons (Fsp3) is 0.0588. The Bertz CT molecular complexity index is 899. The third kappa shape index (κ3) is 2.93. The van der Waals surface area contributed by atoms with Crippen molar-refractivity contribution in [1.82, 2.24) is 4.98 Å². The Labute approximate surface area is 142 Å². The predicted molar refractivity (Wildman–Crippen MR) is 94.2 cm³/mol. The maximum atomic E-state index is 12.1. The summed E-state index contributed by atoms with van der Waals surface area (Å²) in [5.41, 5.74) is 2.65. The fourth-order valence-corrected chi connectivity index (χ4v) is 3.44. The highest BCUT2D eigenvalue weighted by molar-refractivity contribution is 7.13.